The van der Waals surface area contributed by atoms with E-state index in [2.05, 4.69) is 42.2 Å². The van der Waals surface area contributed by atoms with Crippen LogP contribution in [0.4, 0.5) is 0 Å². The molecule has 2 heterocycles. The number of hydrogen-bond acceptors (Lipinski definition) is 3. The van der Waals surface area contributed by atoms with Crippen LogP contribution < -0.4 is 0 Å². The Hall–Kier alpha value is -3.27. The Morgan fingerprint density at radius 1 is 1.03 bits per heavy atom. The van der Waals surface area contributed by atoms with Gasteiger partial charge in [-0.15, -0.1) is 0 Å². The summed E-state index contributed by atoms with van der Waals surface area (Å²) in [7, 11) is 0. The maximum atomic E-state index is 13.2. The van der Waals surface area contributed by atoms with E-state index < -0.39 is 0 Å². The summed E-state index contributed by atoms with van der Waals surface area (Å²) in [5, 5.41) is 0. The zero-order chi connectivity index (χ0) is 20.2. The highest BCUT2D eigenvalue weighted by atomic mass is 16.2. The number of benzene rings is 2. The van der Waals surface area contributed by atoms with Gasteiger partial charge in [-0.2, -0.15) is 0 Å². The summed E-state index contributed by atoms with van der Waals surface area (Å²) >= 11 is 0. The van der Waals surface area contributed by atoms with E-state index in [0.29, 0.717) is 12.1 Å². The normalized spacial score (nSPS) is 15.6. The van der Waals surface area contributed by atoms with Crippen molar-refractivity contribution >= 4 is 11.7 Å². The van der Waals surface area contributed by atoms with Gasteiger partial charge < -0.3 is 4.90 Å². The number of rotatable bonds is 5. The number of carbonyl (C=O) groups is 2. The molecule has 1 aliphatic rings. The van der Waals surface area contributed by atoms with Crippen LogP contribution in [0, 0.1) is 6.92 Å². The van der Waals surface area contributed by atoms with Crippen molar-refractivity contribution in [1.29, 1.82) is 0 Å². The number of aromatic nitrogens is 1. The minimum Gasteiger partial charge on any atom is -0.331 e. The molecule has 4 rings (SSSR count). The Kier molecular flexibility index (Phi) is 5.52. The Labute approximate surface area is 171 Å². The standard InChI is InChI=1S/C25H24N2O2/c1-18-9-10-22-20(16-18)13-15-27(25(22)19-6-3-2-4-7-19)24(29)12-11-23(28)21-8-5-14-26-17-21/h2-10,14,16-17,25H,11-13,15H2,1H3. The Balaban J connectivity index is 1.57. The van der Waals surface area contributed by atoms with E-state index in [1.54, 1.807) is 24.5 Å². The number of carbonyl (C=O) groups excluding carboxylic acids is 2. The first kappa shape index (κ1) is 19.1. The largest absolute Gasteiger partial charge is 0.331 e. The quantitative estimate of drug-likeness (QED) is 0.608. The van der Waals surface area contributed by atoms with Crippen molar-refractivity contribution in [2.75, 3.05) is 6.54 Å². The number of nitrogens with zero attached hydrogens (tertiary/aromatic N) is 2. The van der Waals surface area contributed by atoms with Crippen molar-refractivity contribution < 1.29 is 9.59 Å². The fraction of sp³-hybridized carbons (Fsp3) is 0.240. The lowest BCUT2D eigenvalue weighted by atomic mass is 9.87. The highest BCUT2D eigenvalue weighted by Crippen LogP contribution is 2.36. The number of fused-ring (bicyclic) bond motifs is 1. The lowest BCUT2D eigenvalue weighted by molar-refractivity contribution is -0.133. The molecule has 1 amide bonds. The first-order valence-electron chi connectivity index (χ1n) is 10.0. The van der Waals surface area contributed by atoms with Gasteiger partial charge in [0.1, 0.15) is 0 Å². The molecule has 0 spiro atoms. The monoisotopic (exact) mass is 384 g/mol. The van der Waals surface area contributed by atoms with Crippen molar-refractivity contribution in [3.63, 3.8) is 0 Å². The van der Waals surface area contributed by atoms with Gasteiger partial charge in [0.15, 0.2) is 5.78 Å². The van der Waals surface area contributed by atoms with Gasteiger partial charge in [-0.3, -0.25) is 14.6 Å². The van der Waals surface area contributed by atoms with Gasteiger partial charge in [-0.05, 0) is 42.2 Å². The van der Waals surface area contributed by atoms with Gasteiger partial charge in [0.05, 0.1) is 6.04 Å². The second-order valence-electron chi connectivity index (χ2n) is 7.52. The summed E-state index contributed by atoms with van der Waals surface area (Å²) < 4.78 is 0. The van der Waals surface area contributed by atoms with E-state index in [0.717, 1.165) is 12.0 Å². The van der Waals surface area contributed by atoms with Crippen LogP contribution in [0.2, 0.25) is 0 Å². The van der Waals surface area contributed by atoms with Crippen molar-refractivity contribution in [2.24, 2.45) is 0 Å². The molecule has 0 bridgehead atoms. The summed E-state index contributed by atoms with van der Waals surface area (Å²) in [6, 6.07) is 20.0. The molecule has 0 fully saturated rings. The van der Waals surface area contributed by atoms with Crippen LogP contribution in [0.25, 0.3) is 0 Å². The number of Topliss-reactive ketones (excluding diaryl/α,β-unsaturated/α-hetero) is 1. The van der Waals surface area contributed by atoms with Gasteiger partial charge >= 0.3 is 0 Å². The average Bonchev–Trinajstić information content (AvgIpc) is 2.77. The highest BCUT2D eigenvalue weighted by molar-refractivity contribution is 5.97. The first-order valence-corrected chi connectivity index (χ1v) is 10.0. The maximum absolute atomic E-state index is 13.2. The smallest absolute Gasteiger partial charge is 0.223 e. The number of pyridine rings is 1. The van der Waals surface area contributed by atoms with Gasteiger partial charge in [-0.1, -0.05) is 54.1 Å². The number of aryl methyl sites for hydroxylation is 1. The molecule has 1 unspecified atom stereocenters. The zero-order valence-electron chi connectivity index (χ0n) is 16.5. The molecule has 1 atom stereocenters. The molecule has 1 aliphatic heterocycles. The number of ketones is 1. The third-order valence-electron chi connectivity index (χ3n) is 5.51. The molecule has 0 saturated carbocycles. The second-order valence-corrected chi connectivity index (χ2v) is 7.52. The first-order chi connectivity index (χ1) is 14.1. The van der Waals surface area contributed by atoms with Gasteiger partial charge in [0.2, 0.25) is 5.91 Å². The Bertz CT molecular complexity index is 1020. The molecule has 0 N–H and O–H groups in total. The molecule has 146 valence electrons. The van der Waals surface area contributed by atoms with Crippen molar-refractivity contribution in [1.82, 2.24) is 9.88 Å². The van der Waals surface area contributed by atoms with Crippen molar-refractivity contribution in [2.45, 2.75) is 32.2 Å². The van der Waals surface area contributed by atoms with Crippen molar-refractivity contribution in [3.8, 4) is 0 Å². The summed E-state index contributed by atoms with van der Waals surface area (Å²) in [6.07, 6.45) is 4.43. The molecule has 29 heavy (non-hydrogen) atoms. The second kappa shape index (κ2) is 8.39. The molecule has 0 radical (unpaired) electrons. The summed E-state index contributed by atoms with van der Waals surface area (Å²) in [4.78, 5) is 31.5. The third-order valence-corrected chi connectivity index (χ3v) is 5.51. The maximum Gasteiger partial charge on any atom is 0.223 e. The summed E-state index contributed by atoms with van der Waals surface area (Å²) in [6.45, 7) is 2.76. The van der Waals surface area contributed by atoms with E-state index in [4.69, 9.17) is 0 Å². The molecule has 0 aliphatic carbocycles. The minimum atomic E-state index is -0.110. The highest BCUT2D eigenvalue weighted by Gasteiger charge is 2.31. The molecule has 1 aromatic heterocycles. The number of amides is 1. The fourth-order valence-electron chi connectivity index (χ4n) is 4.06. The fourth-order valence-corrected chi connectivity index (χ4v) is 4.06. The van der Waals surface area contributed by atoms with Crippen LogP contribution in [0.3, 0.4) is 0 Å². The molecular formula is C25H24N2O2. The van der Waals surface area contributed by atoms with E-state index in [9.17, 15) is 9.59 Å². The molecule has 3 aromatic rings. The van der Waals surface area contributed by atoms with Crippen LogP contribution >= 0.6 is 0 Å². The van der Waals surface area contributed by atoms with E-state index in [-0.39, 0.29) is 30.6 Å². The van der Waals surface area contributed by atoms with Gasteiger partial charge in [-0.25, -0.2) is 0 Å². The van der Waals surface area contributed by atoms with Crippen molar-refractivity contribution in [3.05, 3.63) is 101 Å². The lowest BCUT2D eigenvalue weighted by Gasteiger charge is -2.38. The molecule has 4 nitrogen and oxygen atoms in total. The number of hydrogen-bond donors (Lipinski definition) is 0. The lowest BCUT2D eigenvalue weighted by Crippen LogP contribution is -2.40. The predicted octanol–water partition coefficient (Wildman–Crippen LogP) is 4.53. The third kappa shape index (κ3) is 4.11. The predicted molar refractivity (Wildman–Crippen MR) is 113 cm³/mol. The van der Waals surface area contributed by atoms with Crippen LogP contribution in [-0.2, 0) is 11.2 Å². The Morgan fingerprint density at radius 2 is 1.86 bits per heavy atom. The van der Waals surface area contributed by atoms with E-state index in [1.807, 2.05) is 23.1 Å². The zero-order valence-corrected chi connectivity index (χ0v) is 16.5. The SMILES string of the molecule is Cc1ccc2c(c1)CCN(C(=O)CCC(=O)c1cccnc1)C2c1ccccc1. The summed E-state index contributed by atoms with van der Waals surface area (Å²) in [5.41, 5.74) is 5.37. The topological polar surface area (TPSA) is 50.3 Å². The Morgan fingerprint density at radius 3 is 2.62 bits per heavy atom. The van der Waals surface area contributed by atoms with Crippen LogP contribution in [-0.4, -0.2) is 28.1 Å². The minimum absolute atomic E-state index is 0.0160. The van der Waals surface area contributed by atoms with Gasteiger partial charge in [0.25, 0.3) is 0 Å². The van der Waals surface area contributed by atoms with E-state index in [1.165, 1.54) is 16.7 Å². The molecule has 0 saturated heterocycles. The summed E-state index contributed by atoms with van der Waals surface area (Å²) in [5.74, 6) is -0.0296. The van der Waals surface area contributed by atoms with Crippen LogP contribution in [0.5, 0.6) is 0 Å². The van der Waals surface area contributed by atoms with Crippen LogP contribution in [0.15, 0.2) is 73.1 Å². The molecule has 2 aromatic carbocycles. The van der Waals surface area contributed by atoms with Gasteiger partial charge in [0, 0.05) is 37.3 Å². The van der Waals surface area contributed by atoms with Crippen LogP contribution in [0.1, 0.15) is 51.5 Å². The molecular weight excluding hydrogens is 360 g/mol. The average molecular weight is 384 g/mol. The molecule has 4 heteroatoms. The van der Waals surface area contributed by atoms with E-state index >= 15 is 0 Å².